The van der Waals surface area contributed by atoms with E-state index in [2.05, 4.69) is 22.5 Å². The SMILES string of the molecule is C[C@@H]1CNCCN1CC(=O)Nc1cccc(Oc2ccccc2)c1. The van der Waals surface area contributed by atoms with Crippen LogP contribution in [0.1, 0.15) is 6.92 Å². The molecule has 0 saturated carbocycles. The quantitative estimate of drug-likeness (QED) is 0.887. The van der Waals surface area contributed by atoms with Crippen LogP contribution in [0.15, 0.2) is 54.6 Å². The zero-order chi connectivity index (χ0) is 16.8. The van der Waals surface area contributed by atoms with Crippen molar-refractivity contribution in [3.63, 3.8) is 0 Å². The van der Waals surface area contributed by atoms with Gasteiger partial charge in [0.25, 0.3) is 0 Å². The highest BCUT2D eigenvalue weighted by Crippen LogP contribution is 2.23. The summed E-state index contributed by atoms with van der Waals surface area (Å²) in [6, 6.07) is 17.4. The van der Waals surface area contributed by atoms with Crippen molar-refractivity contribution in [2.75, 3.05) is 31.5 Å². The summed E-state index contributed by atoms with van der Waals surface area (Å²) >= 11 is 0. The molecule has 1 fully saturated rings. The van der Waals surface area contributed by atoms with Crippen molar-refractivity contribution in [2.45, 2.75) is 13.0 Å². The second kappa shape index (κ2) is 7.95. The minimum Gasteiger partial charge on any atom is -0.457 e. The van der Waals surface area contributed by atoms with Crippen molar-refractivity contribution in [3.05, 3.63) is 54.6 Å². The minimum atomic E-state index is 0.000566. The van der Waals surface area contributed by atoms with Crippen molar-refractivity contribution in [1.82, 2.24) is 10.2 Å². The van der Waals surface area contributed by atoms with Gasteiger partial charge in [0.2, 0.25) is 5.91 Å². The van der Waals surface area contributed by atoms with Gasteiger partial charge in [0.15, 0.2) is 0 Å². The number of carbonyl (C=O) groups is 1. The molecule has 0 aromatic heterocycles. The Labute approximate surface area is 142 Å². The van der Waals surface area contributed by atoms with Crippen molar-refractivity contribution >= 4 is 11.6 Å². The van der Waals surface area contributed by atoms with Crippen LogP contribution in [0, 0.1) is 0 Å². The summed E-state index contributed by atoms with van der Waals surface area (Å²) < 4.78 is 5.80. The predicted molar refractivity (Wildman–Crippen MR) is 95.5 cm³/mol. The van der Waals surface area contributed by atoms with Crippen LogP contribution < -0.4 is 15.4 Å². The van der Waals surface area contributed by atoms with Crippen LogP contribution in [0.2, 0.25) is 0 Å². The first kappa shape index (κ1) is 16.5. The molecule has 1 aliphatic heterocycles. The lowest BCUT2D eigenvalue weighted by Crippen LogP contribution is -2.51. The summed E-state index contributed by atoms with van der Waals surface area (Å²) in [7, 11) is 0. The molecule has 0 bridgehead atoms. The number of benzene rings is 2. The van der Waals surface area contributed by atoms with Crippen LogP contribution in [0.4, 0.5) is 5.69 Å². The fourth-order valence-corrected chi connectivity index (χ4v) is 2.76. The van der Waals surface area contributed by atoms with Crippen LogP contribution in [0.25, 0.3) is 0 Å². The standard InChI is InChI=1S/C19H23N3O2/c1-15-13-20-10-11-22(15)14-19(23)21-16-6-5-9-18(12-16)24-17-7-3-2-4-8-17/h2-9,12,15,20H,10-11,13-14H2,1H3,(H,21,23)/t15-/m1/s1. The summed E-state index contributed by atoms with van der Waals surface area (Å²) in [6.07, 6.45) is 0. The Bertz CT molecular complexity index is 675. The molecule has 5 heteroatoms. The van der Waals surface area contributed by atoms with Crippen molar-refractivity contribution in [1.29, 1.82) is 0 Å². The highest BCUT2D eigenvalue weighted by molar-refractivity contribution is 5.92. The molecule has 2 aromatic carbocycles. The van der Waals surface area contributed by atoms with Crippen LogP contribution in [-0.4, -0.2) is 43.0 Å². The van der Waals surface area contributed by atoms with Gasteiger partial charge in [-0.1, -0.05) is 24.3 Å². The van der Waals surface area contributed by atoms with Crippen LogP contribution >= 0.6 is 0 Å². The van der Waals surface area contributed by atoms with E-state index in [0.717, 1.165) is 31.1 Å². The average Bonchev–Trinajstić information content (AvgIpc) is 2.58. The minimum absolute atomic E-state index is 0.000566. The summed E-state index contributed by atoms with van der Waals surface area (Å²) in [5, 5.41) is 6.28. The van der Waals surface area contributed by atoms with E-state index in [-0.39, 0.29) is 5.91 Å². The zero-order valence-corrected chi connectivity index (χ0v) is 13.9. The van der Waals surface area contributed by atoms with Gasteiger partial charge in [0, 0.05) is 37.4 Å². The lowest BCUT2D eigenvalue weighted by Gasteiger charge is -2.33. The van der Waals surface area contributed by atoms with Gasteiger partial charge in [-0.15, -0.1) is 0 Å². The lowest BCUT2D eigenvalue weighted by atomic mass is 10.2. The van der Waals surface area contributed by atoms with E-state index in [1.165, 1.54) is 0 Å². The summed E-state index contributed by atoms with van der Waals surface area (Å²) in [6.45, 7) is 5.29. The van der Waals surface area contributed by atoms with Gasteiger partial charge in [-0.2, -0.15) is 0 Å². The summed E-state index contributed by atoms with van der Waals surface area (Å²) in [4.78, 5) is 14.5. The zero-order valence-electron chi connectivity index (χ0n) is 13.9. The molecule has 1 atom stereocenters. The molecule has 0 radical (unpaired) electrons. The number of rotatable bonds is 5. The molecule has 5 nitrogen and oxygen atoms in total. The highest BCUT2D eigenvalue weighted by atomic mass is 16.5. The number of hydrogen-bond donors (Lipinski definition) is 2. The molecule has 0 unspecified atom stereocenters. The Hall–Kier alpha value is -2.37. The number of carbonyl (C=O) groups excluding carboxylic acids is 1. The van der Waals surface area contributed by atoms with Crippen LogP contribution in [0.3, 0.4) is 0 Å². The van der Waals surface area contributed by atoms with E-state index in [9.17, 15) is 4.79 Å². The number of piperazine rings is 1. The molecule has 3 rings (SSSR count). The number of anilines is 1. The molecule has 24 heavy (non-hydrogen) atoms. The Morgan fingerprint density at radius 1 is 1.21 bits per heavy atom. The van der Waals surface area contributed by atoms with Gasteiger partial charge in [0.1, 0.15) is 11.5 Å². The number of nitrogens with zero attached hydrogens (tertiary/aromatic N) is 1. The molecule has 2 aromatic rings. The van der Waals surface area contributed by atoms with Gasteiger partial charge < -0.3 is 15.4 Å². The summed E-state index contributed by atoms with van der Waals surface area (Å²) in [5.41, 5.74) is 0.746. The number of nitrogens with one attached hydrogen (secondary N) is 2. The maximum absolute atomic E-state index is 12.3. The average molecular weight is 325 g/mol. The molecule has 1 saturated heterocycles. The van der Waals surface area contributed by atoms with E-state index in [0.29, 0.717) is 18.3 Å². The van der Waals surface area contributed by atoms with E-state index in [4.69, 9.17) is 4.74 Å². The van der Waals surface area contributed by atoms with E-state index in [1.807, 2.05) is 54.6 Å². The van der Waals surface area contributed by atoms with E-state index < -0.39 is 0 Å². The van der Waals surface area contributed by atoms with Crippen molar-refractivity contribution < 1.29 is 9.53 Å². The van der Waals surface area contributed by atoms with Crippen LogP contribution in [-0.2, 0) is 4.79 Å². The molecule has 1 amide bonds. The Morgan fingerprint density at radius 3 is 2.79 bits per heavy atom. The maximum Gasteiger partial charge on any atom is 0.238 e. The number of para-hydroxylation sites is 1. The van der Waals surface area contributed by atoms with Crippen molar-refractivity contribution in [3.8, 4) is 11.5 Å². The number of hydrogen-bond acceptors (Lipinski definition) is 4. The normalized spacial score (nSPS) is 18.1. The lowest BCUT2D eigenvalue weighted by molar-refractivity contribution is -0.118. The third-order valence-electron chi connectivity index (χ3n) is 4.08. The molecule has 0 spiro atoms. The van der Waals surface area contributed by atoms with Gasteiger partial charge >= 0.3 is 0 Å². The Morgan fingerprint density at radius 2 is 2.00 bits per heavy atom. The largest absolute Gasteiger partial charge is 0.457 e. The van der Waals surface area contributed by atoms with E-state index >= 15 is 0 Å². The van der Waals surface area contributed by atoms with Gasteiger partial charge in [-0.3, -0.25) is 9.69 Å². The summed E-state index contributed by atoms with van der Waals surface area (Å²) in [5.74, 6) is 1.48. The molecular weight excluding hydrogens is 302 g/mol. The molecular formula is C19H23N3O2. The van der Waals surface area contributed by atoms with E-state index in [1.54, 1.807) is 0 Å². The van der Waals surface area contributed by atoms with Gasteiger partial charge in [-0.05, 0) is 31.2 Å². The first-order chi connectivity index (χ1) is 11.7. The smallest absolute Gasteiger partial charge is 0.238 e. The monoisotopic (exact) mass is 325 g/mol. The number of ether oxygens (including phenoxy) is 1. The maximum atomic E-state index is 12.3. The molecule has 0 aliphatic carbocycles. The molecule has 126 valence electrons. The molecule has 1 aliphatic rings. The van der Waals surface area contributed by atoms with Gasteiger partial charge in [0.05, 0.1) is 6.54 Å². The first-order valence-corrected chi connectivity index (χ1v) is 8.28. The highest BCUT2D eigenvalue weighted by Gasteiger charge is 2.20. The Balaban J connectivity index is 1.58. The topological polar surface area (TPSA) is 53.6 Å². The van der Waals surface area contributed by atoms with Gasteiger partial charge in [-0.25, -0.2) is 0 Å². The first-order valence-electron chi connectivity index (χ1n) is 8.28. The second-order valence-electron chi connectivity index (χ2n) is 6.01. The third kappa shape index (κ3) is 4.57. The second-order valence-corrected chi connectivity index (χ2v) is 6.01. The number of amides is 1. The molecule has 2 N–H and O–H groups in total. The fraction of sp³-hybridized carbons (Fsp3) is 0.316. The van der Waals surface area contributed by atoms with Crippen LogP contribution in [0.5, 0.6) is 11.5 Å². The predicted octanol–water partition coefficient (Wildman–Crippen LogP) is 2.71. The molecule has 1 heterocycles. The fourth-order valence-electron chi connectivity index (χ4n) is 2.76. The Kier molecular flexibility index (Phi) is 5.46. The third-order valence-corrected chi connectivity index (χ3v) is 4.08. The van der Waals surface area contributed by atoms with Crippen molar-refractivity contribution in [2.24, 2.45) is 0 Å².